The van der Waals surface area contributed by atoms with Crippen molar-refractivity contribution in [3.63, 3.8) is 0 Å². The zero-order valence-electron chi connectivity index (χ0n) is 10.9. The van der Waals surface area contributed by atoms with E-state index in [0.29, 0.717) is 5.56 Å². The molecule has 2 aromatic rings. The van der Waals surface area contributed by atoms with Crippen LogP contribution in [0.5, 0.6) is 5.75 Å². The second-order valence-electron chi connectivity index (χ2n) is 4.39. The Morgan fingerprint density at radius 2 is 1.71 bits per heavy atom. The van der Waals surface area contributed by atoms with E-state index in [-0.39, 0.29) is 27.2 Å². The lowest BCUT2D eigenvalue weighted by Gasteiger charge is -2.14. The second-order valence-corrected chi connectivity index (χ2v) is 5.20. The maximum Gasteiger partial charge on any atom is 0.338 e. The first-order valence-corrected chi connectivity index (χ1v) is 6.78. The largest absolute Gasteiger partial charge is 0.505 e. The summed E-state index contributed by atoms with van der Waals surface area (Å²) in [4.78, 5) is 12.0. The van der Waals surface area contributed by atoms with Gasteiger partial charge >= 0.3 is 5.97 Å². The van der Waals surface area contributed by atoms with Crippen LogP contribution in [0.25, 0.3) is 0 Å². The van der Waals surface area contributed by atoms with Crippen LogP contribution >= 0.6 is 23.2 Å². The number of esters is 1. The molecule has 1 N–H and O–H groups in total. The molecule has 0 heterocycles. The molecular formula is C15H11Cl2FO3. The third kappa shape index (κ3) is 3.65. The van der Waals surface area contributed by atoms with Crippen molar-refractivity contribution in [2.75, 3.05) is 0 Å². The van der Waals surface area contributed by atoms with Gasteiger partial charge in [0.25, 0.3) is 0 Å². The summed E-state index contributed by atoms with van der Waals surface area (Å²) >= 11 is 11.5. The van der Waals surface area contributed by atoms with Gasteiger partial charge in [0.05, 0.1) is 15.6 Å². The Labute approximate surface area is 130 Å². The fraction of sp³-hybridized carbons (Fsp3) is 0.133. The van der Waals surface area contributed by atoms with Gasteiger partial charge in [0.1, 0.15) is 11.9 Å². The Balaban J connectivity index is 2.16. The van der Waals surface area contributed by atoms with Gasteiger partial charge in [-0.25, -0.2) is 9.18 Å². The van der Waals surface area contributed by atoms with Crippen LogP contribution in [0.4, 0.5) is 4.39 Å². The van der Waals surface area contributed by atoms with Crippen LogP contribution in [0.3, 0.4) is 0 Å². The van der Waals surface area contributed by atoms with Crippen molar-refractivity contribution >= 4 is 29.2 Å². The molecule has 3 nitrogen and oxygen atoms in total. The Morgan fingerprint density at radius 3 is 2.24 bits per heavy atom. The molecule has 110 valence electrons. The molecule has 0 aliphatic carbocycles. The molecule has 0 fully saturated rings. The van der Waals surface area contributed by atoms with Crippen LogP contribution in [0.2, 0.25) is 10.0 Å². The molecule has 0 saturated carbocycles. The monoisotopic (exact) mass is 328 g/mol. The number of carbonyl (C=O) groups excluding carboxylic acids is 1. The number of aromatic hydroxyl groups is 1. The van der Waals surface area contributed by atoms with E-state index in [2.05, 4.69) is 0 Å². The fourth-order valence-corrected chi connectivity index (χ4v) is 2.20. The molecule has 1 atom stereocenters. The van der Waals surface area contributed by atoms with Gasteiger partial charge in [0, 0.05) is 0 Å². The number of benzene rings is 2. The summed E-state index contributed by atoms with van der Waals surface area (Å²) < 4.78 is 18.1. The number of phenolic OH excluding ortho intramolecular Hbond substituents is 1. The van der Waals surface area contributed by atoms with Gasteiger partial charge in [-0.2, -0.15) is 0 Å². The minimum atomic E-state index is -0.643. The first-order valence-electron chi connectivity index (χ1n) is 6.03. The molecule has 0 spiro atoms. The van der Waals surface area contributed by atoms with Crippen LogP contribution < -0.4 is 0 Å². The van der Waals surface area contributed by atoms with E-state index >= 15 is 0 Å². The number of carbonyl (C=O) groups is 1. The van der Waals surface area contributed by atoms with Gasteiger partial charge in [0.15, 0.2) is 5.75 Å². The van der Waals surface area contributed by atoms with Gasteiger partial charge in [-0.05, 0) is 36.8 Å². The average Bonchev–Trinajstić information content (AvgIpc) is 2.44. The number of phenols is 1. The second kappa shape index (κ2) is 6.33. The average molecular weight is 329 g/mol. The van der Waals surface area contributed by atoms with Gasteiger partial charge in [-0.3, -0.25) is 0 Å². The molecule has 0 unspecified atom stereocenters. The number of hydrogen-bond donors (Lipinski definition) is 1. The van der Waals surface area contributed by atoms with Crippen molar-refractivity contribution in [2.24, 2.45) is 0 Å². The summed E-state index contributed by atoms with van der Waals surface area (Å²) in [6.07, 6.45) is -0.565. The van der Waals surface area contributed by atoms with Crippen LogP contribution in [0.1, 0.15) is 28.9 Å². The standard InChI is InChI=1S/C15H11Cl2FO3/c1-8(9-2-4-11(18)5-3-9)21-15(20)10-6-12(16)14(19)13(17)7-10/h2-8,19H,1H3/t8-/m1/s1. The molecular weight excluding hydrogens is 318 g/mol. The Hall–Kier alpha value is -1.78. The predicted molar refractivity (Wildman–Crippen MR) is 78.4 cm³/mol. The SMILES string of the molecule is C[C@@H](OC(=O)c1cc(Cl)c(O)c(Cl)c1)c1ccc(F)cc1. The third-order valence-electron chi connectivity index (χ3n) is 2.88. The highest BCUT2D eigenvalue weighted by molar-refractivity contribution is 6.37. The van der Waals surface area contributed by atoms with Crippen LogP contribution in [0.15, 0.2) is 36.4 Å². The van der Waals surface area contributed by atoms with E-state index in [9.17, 15) is 14.3 Å². The number of rotatable bonds is 3. The molecule has 2 rings (SSSR count). The molecule has 2 aromatic carbocycles. The quantitative estimate of drug-likeness (QED) is 0.826. The number of ether oxygens (including phenoxy) is 1. The number of hydrogen-bond acceptors (Lipinski definition) is 3. The molecule has 0 aliphatic heterocycles. The van der Waals surface area contributed by atoms with Crippen molar-refractivity contribution in [2.45, 2.75) is 13.0 Å². The topological polar surface area (TPSA) is 46.5 Å². The van der Waals surface area contributed by atoms with Crippen molar-refractivity contribution in [1.82, 2.24) is 0 Å². The van der Waals surface area contributed by atoms with Gasteiger partial charge < -0.3 is 9.84 Å². The minimum absolute atomic E-state index is 0.0381. The molecule has 0 radical (unpaired) electrons. The van der Waals surface area contributed by atoms with Crippen molar-refractivity contribution in [3.05, 3.63) is 63.4 Å². The lowest BCUT2D eigenvalue weighted by Crippen LogP contribution is -2.09. The van der Waals surface area contributed by atoms with Gasteiger partial charge in [0.2, 0.25) is 0 Å². The van der Waals surface area contributed by atoms with Crippen LogP contribution in [-0.2, 0) is 4.74 Å². The van der Waals surface area contributed by atoms with E-state index in [4.69, 9.17) is 27.9 Å². The van der Waals surface area contributed by atoms with Crippen molar-refractivity contribution < 1.29 is 19.0 Å². The van der Waals surface area contributed by atoms with Gasteiger partial charge in [-0.1, -0.05) is 35.3 Å². The first kappa shape index (κ1) is 15.6. The minimum Gasteiger partial charge on any atom is -0.505 e. The summed E-state index contributed by atoms with van der Waals surface area (Å²) in [5.41, 5.74) is 0.775. The Morgan fingerprint density at radius 1 is 1.19 bits per heavy atom. The lowest BCUT2D eigenvalue weighted by molar-refractivity contribution is 0.0338. The summed E-state index contributed by atoms with van der Waals surface area (Å²) in [5.74, 6) is -1.30. The molecule has 0 aromatic heterocycles. The summed E-state index contributed by atoms with van der Waals surface area (Å²) in [6.45, 7) is 1.66. The van der Waals surface area contributed by atoms with E-state index < -0.39 is 12.1 Å². The maximum atomic E-state index is 12.8. The van der Waals surface area contributed by atoms with Crippen molar-refractivity contribution in [3.8, 4) is 5.75 Å². The van der Waals surface area contributed by atoms with Gasteiger partial charge in [-0.15, -0.1) is 0 Å². The number of halogens is 3. The van der Waals surface area contributed by atoms with Crippen molar-refractivity contribution in [1.29, 1.82) is 0 Å². The maximum absolute atomic E-state index is 12.8. The van der Waals surface area contributed by atoms with E-state index in [0.717, 1.165) is 0 Å². The van der Waals surface area contributed by atoms with Crippen LogP contribution in [-0.4, -0.2) is 11.1 Å². The molecule has 0 saturated heterocycles. The molecule has 21 heavy (non-hydrogen) atoms. The first-order chi connectivity index (χ1) is 9.88. The highest BCUT2D eigenvalue weighted by atomic mass is 35.5. The summed E-state index contributed by atoms with van der Waals surface area (Å²) in [5, 5.41) is 9.37. The smallest absolute Gasteiger partial charge is 0.338 e. The highest BCUT2D eigenvalue weighted by Gasteiger charge is 2.17. The zero-order chi connectivity index (χ0) is 15.6. The molecule has 0 bridgehead atoms. The zero-order valence-corrected chi connectivity index (χ0v) is 12.5. The highest BCUT2D eigenvalue weighted by Crippen LogP contribution is 2.33. The molecule has 0 amide bonds. The Bertz CT molecular complexity index is 648. The molecule has 0 aliphatic rings. The summed E-state index contributed by atoms with van der Waals surface area (Å²) in [6, 6.07) is 8.17. The van der Waals surface area contributed by atoms with E-state index in [1.807, 2.05) is 0 Å². The van der Waals surface area contributed by atoms with E-state index in [1.54, 1.807) is 6.92 Å². The summed E-state index contributed by atoms with van der Waals surface area (Å²) in [7, 11) is 0. The lowest BCUT2D eigenvalue weighted by atomic mass is 10.1. The molecule has 6 heteroatoms. The third-order valence-corrected chi connectivity index (χ3v) is 3.45. The van der Waals surface area contributed by atoms with Crippen LogP contribution in [0, 0.1) is 5.82 Å². The predicted octanol–water partition coefficient (Wildman–Crippen LogP) is 4.76. The fourth-order valence-electron chi connectivity index (χ4n) is 1.71. The Kier molecular flexibility index (Phi) is 4.70. The normalized spacial score (nSPS) is 12.0. The van der Waals surface area contributed by atoms with E-state index in [1.165, 1.54) is 36.4 Å².